The van der Waals surface area contributed by atoms with Crippen molar-refractivity contribution in [3.63, 3.8) is 0 Å². The average molecular weight is 502 g/mol. The van der Waals surface area contributed by atoms with E-state index in [1.807, 2.05) is 61.0 Å². The van der Waals surface area contributed by atoms with Crippen molar-refractivity contribution in [1.29, 1.82) is 0 Å². The largest absolute Gasteiger partial charge is 0.507 e. The van der Waals surface area contributed by atoms with Gasteiger partial charge in [-0.2, -0.15) is 0 Å². The number of likely N-dealkylation sites (tertiary alicyclic amines) is 1. The molecule has 0 saturated carbocycles. The van der Waals surface area contributed by atoms with E-state index in [1.54, 1.807) is 23.5 Å². The third kappa shape index (κ3) is 4.96. The molecule has 37 heavy (non-hydrogen) atoms. The van der Waals surface area contributed by atoms with Crippen LogP contribution in [0.15, 0.2) is 66.8 Å². The Labute approximate surface area is 216 Å². The summed E-state index contributed by atoms with van der Waals surface area (Å²) in [7, 11) is 0. The van der Waals surface area contributed by atoms with Crippen LogP contribution in [0.2, 0.25) is 0 Å². The van der Waals surface area contributed by atoms with Crippen molar-refractivity contribution in [2.75, 3.05) is 13.2 Å². The molecule has 8 nitrogen and oxygen atoms in total. The first-order chi connectivity index (χ1) is 18.0. The first kappa shape index (κ1) is 24.6. The molecule has 2 unspecified atom stereocenters. The van der Waals surface area contributed by atoms with Crippen LogP contribution in [0.25, 0.3) is 5.76 Å². The second-order valence-corrected chi connectivity index (χ2v) is 9.52. The molecule has 1 N–H and O–H groups in total. The van der Waals surface area contributed by atoms with Crippen molar-refractivity contribution in [3.05, 3.63) is 83.4 Å². The van der Waals surface area contributed by atoms with Crippen molar-refractivity contribution >= 4 is 17.4 Å². The van der Waals surface area contributed by atoms with E-state index < -0.39 is 17.7 Å². The SMILES string of the molecule is CCCOc1ccc(C2C(=C(O)c3ccc4c(c3)CC(C)O4)C(=O)C(=O)N2CCCn2ccnc2)cc1. The molecule has 8 heteroatoms. The molecule has 0 spiro atoms. The molecule has 1 amide bonds. The Bertz CT molecular complexity index is 1310. The average Bonchev–Trinajstić information content (AvgIpc) is 3.61. The quantitative estimate of drug-likeness (QED) is 0.264. The molecule has 3 aromatic rings. The van der Waals surface area contributed by atoms with E-state index in [-0.39, 0.29) is 17.4 Å². The number of nitrogens with zero attached hydrogens (tertiary/aromatic N) is 3. The number of ketones is 1. The molecular formula is C29H31N3O5. The second kappa shape index (κ2) is 10.5. The van der Waals surface area contributed by atoms with Gasteiger partial charge in [0, 0.05) is 37.5 Å². The summed E-state index contributed by atoms with van der Waals surface area (Å²) in [6.45, 7) is 5.64. The highest BCUT2D eigenvalue weighted by atomic mass is 16.5. The summed E-state index contributed by atoms with van der Waals surface area (Å²) in [6, 6.07) is 12.1. The number of aromatic nitrogens is 2. The summed E-state index contributed by atoms with van der Waals surface area (Å²) in [4.78, 5) is 32.2. The van der Waals surface area contributed by atoms with E-state index in [1.165, 1.54) is 0 Å². The van der Waals surface area contributed by atoms with Crippen molar-refractivity contribution in [3.8, 4) is 11.5 Å². The minimum absolute atomic E-state index is 0.0573. The normalized spacial score (nSPS) is 20.2. The number of amides is 1. The van der Waals surface area contributed by atoms with Crippen LogP contribution in [0.5, 0.6) is 11.5 Å². The fourth-order valence-corrected chi connectivity index (χ4v) is 4.99. The Balaban J connectivity index is 1.50. The van der Waals surface area contributed by atoms with E-state index in [2.05, 4.69) is 4.98 Å². The Morgan fingerprint density at radius 1 is 1.16 bits per heavy atom. The fourth-order valence-electron chi connectivity index (χ4n) is 4.99. The van der Waals surface area contributed by atoms with Gasteiger partial charge < -0.3 is 24.0 Å². The molecular weight excluding hydrogens is 470 g/mol. The van der Waals surface area contributed by atoms with Crippen molar-refractivity contribution in [2.45, 2.75) is 51.8 Å². The number of carbonyl (C=O) groups excluding carboxylic acids is 2. The number of imidazole rings is 1. The van der Waals surface area contributed by atoms with E-state index in [0.29, 0.717) is 31.7 Å². The van der Waals surface area contributed by atoms with Crippen LogP contribution in [-0.4, -0.2) is 50.5 Å². The van der Waals surface area contributed by atoms with Crippen LogP contribution in [0.3, 0.4) is 0 Å². The lowest BCUT2D eigenvalue weighted by molar-refractivity contribution is -0.139. The minimum Gasteiger partial charge on any atom is -0.507 e. The highest BCUT2D eigenvalue weighted by molar-refractivity contribution is 6.46. The van der Waals surface area contributed by atoms with Crippen LogP contribution in [0, 0.1) is 0 Å². The van der Waals surface area contributed by atoms with Crippen LogP contribution >= 0.6 is 0 Å². The zero-order valence-electron chi connectivity index (χ0n) is 21.1. The van der Waals surface area contributed by atoms with Crippen LogP contribution < -0.4 is 9.47 Å². The molecule has 0 aliphatic carbocycles. The number of benzene rings is 2. The first-order valence-electron chi connectivity index (χ1n) is 12.7. The van der Waals surface area contributed by atoms with E-state index in [4.69, 9.17) is 9.47 Å². The minimum atomic E-state index is -0.702. The Kier molecular flexibility index (Phi) is 6.99. The fraction of sp³-hybridized carbons (Fsp3) is 0.345. The number of Topliss-reactive ketones (excluding diaryl/α,β-unsaturated/α-hetero) is 1. The zero-order chi connectivity index (χ0) is 25.9. The maximum absolute atomic E-state index is 13.3. The molecule has 3 heterocycles. The number of fused-ring (bicyclic) bond motifs is 1. The number of ether oxygens (including phenoxy) is 2. The van der Waals surface area contributed by atoms with Crippen LogP contribution in [0.4, 0.5) is 0 Å². The molecule has 192 valence electrons. The highest BCUT2D eigenvalue weighted by Crippen LogP contribution is 2.41. The van der Waals surface area contributed by atoms with Gasteiger partial charge >= 0.3 is 0 Å². The molecule has 2 aliphatic rings. The van der Waals surface area contributed by atoms with Gasteiger partial charge in [0.2, 0.25) is 0 Å². The van der Waals surface area contributed by atoms with Gasteiger partial charge in [0.15, 0.2) is 0 Å². The smallest absolute Gasteiger partial charge is 0.295 e. The monoisotopic (exact) mass is 501 g/mol. The molecule has 5 rings (SSSR count). The summed E-state index contributed by atoms with van der Waals surface area (Å²) in [5, 5.41) is 11.4. The van der Waals surface area contributed by atoms with E-state index >= 15 is 0 Å². The molecule has 1 saturated heterocycles. The van der Waals surface area contributed by atoms with Crippen LogP contribution in [0.1, 0.15) is 49.4 Å². The second-order valence-electron chi connectivity index (χ2n) is 9.52. The lowest BCUT2D eigenvalue weighted by Crippen LogP contribution is -2.31. The van der Waals surface area contributed by atoms with Gasteiger partial charge in [-0.1, -0.05) is 19.1 Å². The van der Waals surface area contributed by atoms with Gasteiger partial charge in [0.1, 0.15) is 23.4 Å². The molecule has 1 fully saturated rings. The lowest BCUT2D eigenvalue weighted by atomic mass is 9.94. The Morgan fingerprint density at radius 3 is 2.70 bits per heavy atom. The van der Waals surface area contributed by atoms with E-state index in [0.717, 1.165) is 35.5 Å². The van der Waals surface area contributed by atoms with Crippen molar-refractivity contribution < 1.29 is 24.2 Å². The lowest BCUT2D eigenvalue weighted by Gasteiger charge is -2.25. The van der Waals surface area contributed by atoms with Gasteiger partial charge in [-0.25, -0.2) is 4.98 Å². The van der Waals surface area contributed by atoms with Crippen LogP contribution in [-0.2, 0) is 22.6 Å². The Morgan fingerprint density at radius 2 is 1.97 bits per heavy atom. The van der Waals surface area contributed by atoms with Crippen molar-refractivity contribution in [2.24, 2.45) is 0 Å². The molecule has 0 bridgehead atoms. The van der Waals surface area contributed by atoms with E-state index in [9.17, 15) is 14.7 Å². The van der Waals surface area contributed by atoms with Gasteiger partial charge in [0.25, 0.3) is 11.7 Å². The standard InChI is InChI=1S/C29H31N3O5/c1-3-15-36-23-8-5-20(6-9-23)26-25(27(33)21-7-10-24-22(17-21)16-19(2)37-24)28(34)29(35)32(26)13-4-12-31-14-11-30-18-31/h5-11,14,17-19,26,33H,3-4,12-13,15-16H2,1-2H3. The summed E-state index contributed by atoms with van der Waals surface area (Å²) in [5.74, 6) is 0.0379. The topological polar surface area (TPSA) is 93.9 Å². The summed E-state index contributed by atoms with van der Waals surface area (Å²) in [5.41, 5.74) is 2.31. The predicted molar refractivity (Wildman–Crippen MR) is 138 cm³/mol. The number of aliphatic hydroxyl groups excluding tert-OH is 1. The van der Waals surface area contributed by atoms with Gasteiger partial charge in [-0.3, -0.25) is 9.59 Å². The number of rotatable bonds is 9. The number of carbonyl (C=O) groups is 2. The van der Waals surface area contributed by atoms with Gasteiger partial charge in [-0.15, -0.1) is 0 Å². The summed E-state index contributed by atoms with van der Waals surface area (Å²) >= 11 is 0. The number of aryl methyl sites for hydroxylation is 1. The number of hydrogen-bond acceptors (Lipinski definition) is 6. The molecule has 2 aromatic carbocycles. The number of aliphatic hydroxyl groups is 1. The maximum Gasteiger partial charge on any atom is 0.295 e. The first-order valence-corrected chi connectivity index (χ1v) is 12.7. The molecule has 2 atom stereocenters. The van der Waals surface area contributed by atoms with Crippen molar-refractivity contribution in [1.82, 2.24) is 14.5 Å². The van der Waals surface area contributed by atoms with Gasteiger partial charge in [0.05, 0.1) is 24.5 Å². The molecule has 2 aliphatic heterocycles. The number of hydrogen-bond donors (Lipinski definition) is 1. The molecule has 0 radical (unpaired) electrons. The highest BCUT2D eigenvalue weighted by Gasteiger charge is 2.45. The molecule has 1 aromatic heterocycles. The summed E-state index contributed by atoms with van der Waals surface area (Å²) in [6.07, 6.45) is 7.59. The zero-order valence-corrected chi connectivity index (χ0v) is 21.1. The third-order valence-corrected chi connectivity index (χ3v) is 6.75. The Hall–Kier alpha value is -4.07. The maximum atomic E-state index is 13.3. The summed E-state index contributed by atoms with van der Waals surface area (Å²) < 4.78 is 13.4. The third-order valence-electron chi connectivity index (χ3n) is 6.75. The van der Waals surface area contributed by atoms with Gasteiger partial charge in [-0.05, 0) is 61.2 Å². The predicted octanol–water partition coefficient (Wildman–Crippen LogP) is 4.51.